The molecular formula is C16H10ClN3O. The molecule has 2 N–H and O–H groups in total. The fourth-order valence-corrected chi connectivity index (χ4v) is 2.17. The predicted octanol–water partition coefficient (Wildman–Crippen LogP) is 4.17. The first-order valence-electron chi connectivity index (χ1n) is 6.23. The molecule has 0 saturated carbocycles. The van der Waals surface area contributed by atoms with Gasteiger partial charge >= 0.3 is 0 Å². The predicted molar refractivity (Wildman–Crippen MR) is 82.6 cm³/mol. The Labute approximate surface area is 125 Å². The number of halogens is 1. The molecule has 0 spiro atoms. The van der Waals surface area contributed by atoms with E-state index in [1.165, 1.54) is 0 Å². The maximum atomic E-state index is 10.3. The molecule has 1 aromatic heterocycles. The summed E-state index contributed by atoms with van der Waals surface area (Å²) in [5.41, 5.74) is 2.15. The number of allylic oxidation sites excluding steroid dienone is 1. The quantitative estimate of drug-likeness (QED) is 0.550. The number of aromatic amines is 1. The topological polar surface area (TPSA) is 72.7 Å². The fraction of sp³-hybridized carbons (Fsp3) is 0. The van der Waals surface area contributed by atoms with Gasteiger partial charge in [-0.2, -0.15) is 5.26 Å². The van der Waals surface area contributed by atoms with Crippen LogP contribution in [-0.2, 0) is 0 Å². The number of aromatic nitrogens is 2. The van der Waals surface area contributed by atoms with Gasteiger partial charge in [-0.05, 0) is 36.4 Å². The van der Waals surface area contributed by atoms with Crippen LogP contribution in [0, 0.1) is 11.3 Å². The molecule has 0 radical (unpaired) electrons. The number of H-pyrrole nitrogens is 1. The second-order valence-electron chi connectivity index (χ2n) is 4.44. The summed E-state index contributed by atoms with van der Waals surface area (Å²) in [6.45, 7) is 0. The summed E-state index contributed by atoms with van der Waals surface area (Å²) in [5, 5.41) is 20.2. The van der Waals surface area contributed by atoms with E-state index in [0.29, 0.717) is 16.4 Å². The van der Waals surface area contributed by atoms with Gasteiger partial charge in [-0.1, -0.05) is 23.7 Å². The molecular weight excluding hydrogens is 286 g/mol. The third kappa shape index (κ3) is 2.47. The van der Waals surface area contributed by atoms with Crippen molar-refractivity contribution in [3.8, 4) is 6.07 Å². The van der Waals surface area contributed by atoms with Crippen LogP contribution >= 0.6 is 11.6 Å². The minimum atomic E-state index is -0.131. The number of imidazole rings is 1. The van der Waals surface area contributed by atoms with Crippen LogP contribution in [0.2, 0.25) is 5.02 Å². The highest BCUT2D eigenvalue weighted by molar-refractivity contribution is 6.30. The van der Waals surface area contributed by atoms with E-state index in [4.69, 9.17) is 11.6 Å². The molecule has 1 heterocycles. The summed E-state index contributed by atoms with van der Waals surface area (Å²) in [6.07, 6.45) is 0. The SMILES string of the molecule is N#CC(=C(O)c1ccc(Cl)cc1)c1nc2ccccc2[nH]1. The average molecular weight is 296 g/mol. The maximum absolute atomic E-state index is 10.3. The Morgan fingerprint density at radius 2 is 1.86 bits per heavy atom. The molecule has 5 heteroatoms. The number of para-hydroxylation sites is 2. The number of nitrogens with one attached hydrogen (secondary N) is 1. The smallest absolute Gasteiger partial charge is 0.153 e. The number of rotatable bonds is 2. The van der Waals surface area contributed by atoms with Crippen LogP contribution in [0.3, 0.4) is 0 Å². The number of fused-ring (bicyclic) bond motifs is 1. The molecule has 3 aromatic rings. The molecule has 3 rings (SSSR count). The van der Waals surface area contributed by atoms with Gasteiger partial charge in [-0.25, -0.2) is 4.98 Å². The Bertz CT molecular complexity index is 839. The first-order chi connectivity index (χ1) is 10.2. The molecule has 0 aliphatic heterocycles. The standard InChI is InChI=1S/C16H10ClN3O/c17-11-7-5-10(6-8-11)15(21)12(9-18)16-19-13-3-1-2-4-14(13)20-16/h1-8,21H,(H,19,20). The van der Waals surface area contributed by atoms with Crippen LogP contribution in [0.25, 0.3) is 22.4 Å². The number of nitrogens with zero attached hydrogens (tertiary/aromatic N) is 2. The molecule has 0 amide bonds. The Morgan fingerprint density at radius 3 is 2.52 bits per heavy atom. The van der Waals surface area contributed by atoms with Crippen LogP contribution in [-0.4, -0.2) is 15.1 Å². The zero-order valence-corrected chi connectivity index (χ0v) is 11.6. The number of aliphatic hydroxyl groups is 1. The lowest BCUT2D eigenvalue weighted by atomic mass is 10.1. The van der Waals surface area contributed by atoms with Crippen LogP contribution in [0.1, 0.15) is 11.4 Å². The summed E-state index contributed by atoms with van der Waals surface area (Å²) in [7, 11) is 0. The summed E-state index contributed by atoms with van der Waals surface area (Å²) >= 11 is 5.82. The largest absolute Gasteiger partial charge is 0.506 e. The van der Waals surface area contributed by atoms with E-state index in [2.05, 4.69) is 9.97 Å². The van der Waals surface area contributed by atoms with Crippen LogP contribution in [0.15, 0.2) is 48.5 Å². The van der Waals surface area contributed by atoms with Crippen molar-refractivity contribution in [3.63, 3.8) is 0 Å². The van der Waals surface area contributed by atoms with Crippen molar-refractivity contribution in [2.45, 2.75) is 0 Å². The lowest BCUT2D eigenvalue weighted by molar-refractivity contribution is 0.514. The zero-order chi connectivity index (χ0) is 14.8. The molecule has 0 aliphatic carbocycles. The van der Waals surface area contributed by atoms with Crippen LogP contribution in [0.5, 0.6) is 0 Å². The lowest BCUT2D eigenvalue weighted by Gasteiger charge is -2.02. The summed E-state index contributed by atoms with van der Waals surface area (Å²) < 4.78 is 0. The van der Waals surface area contributed by atoms with Crippen molar-refractivity contribution in [2.24, 2.45) is 0 Å². The lowest BCUT2D eigenvalue weighted by Crippen LogP contribution is -1.92. The van der Waals surface area contributed by atoms with Gasteiger partial charge in [-0.3, -0.25) is 0 Å². The van der Waals surface area contributed by atoms with Gasteiger partial charge in [0.15, 0.2) is 5.82 Å². The van der Waals surface area contributed by atoms with E-state index in [9.17, 15) is 10.4 Å². The highest BCUT2D eigenvalue weighted by Crippen LogP contribution is 2.25. The van der Waals surface area contributed by atoms with E-state index in [1.54, 1.807) is 24.3 Å². The van der Waals surface area contributed by atoms with Gasteiger partial charge < -0.3 is 10.1 Å². The molecule has 4 nitrogen and oxygen atoms in total. The monoisotopic (exact) mass is 295 g/mol. The van der Waals surface area contributed by atoms with Gasteiger partial charge in [0, 0.05) is 10.6 Å². The third-order valence-electron chi connectivity index (χ3n) is 3.09. The van der Waals surface area contributed by atoms with Gasteiger partial charge in [-0.15, -0.1) is 0 Å². The van der Waals surface area contributed by atoms with Crippen molar-refractivity contribution >= 4 is 34.0 Å². The van der Waals surface area contributed by atoms with Gasteiger partial charge in [0.05, 0.1) is 11.0 Å². The molecule has 0 atom stereocenters. The van der Waals surface area contributed by atoms with Crippen LogP contribution in [0.4, 0.5) is 0 Å². The summed E-state index contributed by atoms with van der Waals surface area (Å²) in [4.78, 5) is 7.36. The molecule has 0 fully saturated rings. The summed E-state index contributed by atoms with van der Waals surface area (Å²) in [6, 6.07) is 16.0. The van der Waals surface area contributed by atoms with Crippen molar-refractivity contribution in [2.75, 3.05) is 0 Å². The molecule has 102 valence electrons. The molecule has 21 heavy (non-hydrogen) atoms. The van der Waals surface area contributed by atoms with Crippen molar-refractivity contribution in [1.82, 2.24) is 9.97 Å². The zero-order valence-electron chi connectivity index (χ0n) is 10.8. The number of benzene rings is 2. The highest BCUT2D eigenvalue weighted by atomic mass is 35.5. The van der Waals surface area contributed by atoms with E-state index in [0.717, 1.165) is 11.0 Å². The summed E-state index contributed by atoms with van der Waals surface area (Å²) in [5.74, 6) is 0.208. The highest BCUT2D eigenvalue weighted by Gasteiger charge is 2.14. The minimum Gasteiger partial charge on any atom is -0.506 e. The van der Waals surface area contributed by atoms with Gasteiger partial charge in [0.2, 0.25) is 0 Å². The molecule has 0 aliphatic rings. The molecule has 2 aromatic carbocycles. The first-order valence-corrected chi connectivity index (χ1v) is 6.61. The molecule has 0 bridgehead atoms. The number of hydrogen-bond acceptors (Lipinski definition) is 3. The van der Waals surface area contributed by atoms with Crippen molar-refractivity contribution in [3.05, 3.63) is 64.9 Å². The molecule has 0 unspecified atom stereocenters. The number of hydrogen-bond donors (Lipinski definition) is 2. The van der Waals surface area contributed by atoms with E-state index >= 15 is 0 Å². The fourth-order valence-electron chi connectivity index (χ4n) is 2.04. The maximum Gasteiger partial charge on any atom is 0.153 e. The van der Waals surface area contributed by atoms with Gasteiger partial charge in [0.1, 0.15) is 17.4 Å². The van der Waals surface area contributed by atoms with E-state index < -0.39 is 0 Å². The minimum absolute atomic E-state index is 0.0912. The Morgan fingerprint density at radius 1 is 1.14 bits per heavy atom. The number of aliphatic hydroxyl groups excluding tert-OH is 1. The van der Waals surface area contributed by atoms with Crippen molar-refractivity contribution in [1.29, 1.82) is 5.26 Å². The second kappa shape index (κ2) is 5.31. The van der Waals surface area contributed by atoms with Crippen LogP contribution < -0.4 is 0 Å². The Hall–Kier alpha value is -2.77. The Kier molecular flexibility index (Phi) is 3.35. The van der Waals surface area contributed by atoms with Crippen molar-refractivity contribution < 1.29 is 5.11 Å². The van der Waals surface area contributed by atoms with E-state index in [1.807, 2.05) is 30.3 Å². The second-order valence-corrected chi connectivity index (χ2v) is 4.88. The average Bonchev–Trinajstić information content (AvgIpc) is 2.92. The Balaban J connectivity index is 2.14. The number of nitriles is 1. The normalized spacial score (nSPS) is 12.0. The van der Waals surface area contributed by atoms with E-state index in [-0.39, 0.29) is 11.3 Å². The first kappa shape index (κ1) is 13.2. The molecule has 0 saturated heterocycles. The van der Waals surface area contributed by atoms with Gasteiger partial charge in [0.25, 0.3) is 0 Å². The third-order valence-corrected chi connectivity index (χ3v) is 3.34.